The van der Waals surface area contributed by atoms with Crippen molar-refractivity contribution in [3.05, 3.63) is 29.3 Å². The molecule has 0 aliphatic rings. The van der Waals surface area contributed by atoms with Crippen molar-refractivity contribution in [2.45, 2.75) is 97.2 Å². The maximum Gasteiger partial charge on any atom is 0.240 e. The quantitative estimate of drug-likeness (QED) is 0.367. The third kappa shape index (κ3) is 9.12. The summed E-state index contributed by atoms with van der Waals surface area (Å²) in [5, 5.41) is -0.300. The number of hydrogen-bond acceptors (Lipinski definition) is 4. The largest absolute Gasteiger partial charge is 0.286 e. The molecule has 0 bridgehead atoms. The zero-order valence-corrected chi connectivity index (χ0v) is 20.8. The van der Waals surface area contributed by atoms with Gasteiger partial charge in [-0.2, -0.15) is 0 Å². The van der Waals surface area contributed by atoms with Crippen molar-refractivity contribution in [2.24, 2.45) is 0 Å². The third-order valence-corrected chi connectivity index (χ3v) is 7.43. The third-order valence-electron chi connectivity index (χ3n) is 4.96. The van der Waals surface area contributed by atoms with E-state index in [1.54, 1.807) is 0 Å². The Morgan fingerprint density at radius 3 is 2.07 bits per heavy atom. The molecule has 1 N–H and O–H groups in total. The lowest BCUT2D eigenvalue weighted by Crippen LogP contribution is -2.26. The van der Waals surface area contributed by atoms with Gasteiger partial charge in [0, 0.05) is 4.75 Å². The lowest BCUT2D eigenvalue weighted by Gasteiger charge is -2.23. The van der Waals surface area contributed by atoms with Crippen molar-refractivity contribution in [2.75, 3.05) is 10.5 Å². The topological polar surface area (TPSA) is 63.2 Å². The molecule has 0 fully saturated rings. The highest BCUT2D eigenvalue weighted by Crippen LogP contribution is 2.34. The van der Waals surface area contributed by atoms with Crippen LogP contribution in [-0.4, -0.2) is 24.0 Å². The molecule has 166 valence electrons. The molecule has 0 saturated heterocycles. The second-order valence-electron chi connectivity index (χ2n) is 9.03. The first-order valence-corrected chi connectivity index (χ1v) is 13.2. The minimum absolute atomic E-state index is 0.179. The van der Waals surface area contributed by atoms with Crippen LogP contribution in [0.4, 0.5) is 5.69 Å². The van der Waals surface area contributed by atoms with Gasteiger partial charge in [0.2, 0.25) is 15.1 Å². The number of thioether (sulfide) groups is 1. The summed E-state index contributed by atoms with van der Waals surface area (Å²) in [4.78, 5) is 12.5. The Balaban J connectivity index is 2.88. The predicted molar refractivity (Wildman–Crippen MR) is 127 cm³/mol. The van der Waals surface area contributed by atoms with Gasteiger partial charge in [0.05, 0.1) is 5.69 Å². The number of rotatable bonds is 12. The van der Waals surface area contributed by atoms with E-state index in [9.17, 15) is 13.2 Å². The molecule has 1 aromatic rings. The highest BCUT2D eigenvalue weighted by atomic mass is 32.2. The van der Waals surface area contributed by atoms with Crippen LogP contribution in [0.25, 0.3) is 0 Å². The fourth-order valence-corrected chi connectivity index (χ4v) is 5.87. The van der Waals surface area contributed by atoms with Gasteiger partial charge in [-0.3, -0.25) is 9.52 Å². The molecule has 0 unspecified atom stereocenters. The summed E-state index contributed by atoms with van der Waals surface area (Å²) in [7, 11) is -3.77. The van der Waals surface area contributed by atoms with E-state index >= 15 is 0 Å². The average molecular weight is 442 g/mol. The van der Waals surface area contributed by atoms with Crippen molar-refractivity contribution in [1.82, 2.24) is 0 Å². The Kier molecular flexibility index (Phi) is 10.2. The summed E-state index contributed by atoms with van der Waals surface area (Å²) in [6, 6.07) is 5.86. The molecule has 1 rings (SSSR count). The Morgan fingerprint density at radius 1 is 1.03 bits per heavy atom. The molecule has 0 atom stereocenters. The lowest BCUT2D eigenvalue weighted by molar-refractivity contribution is -0.108. The first kappa shape index (κ1) is 26.0. The molecule has 0 heterocycles. The maximum atomic E-state index is 12.8. The van der Waals surface area contributed by atoms with Crippen LogP contribution >= 0.6 is 11.8 Å². The van der Waals surface area contributed by atoms with Crippen LogP contribution in [0.15, 0.2) is 18.2 Å². The standard InChI is InChI=1S/C23H39NO3S2/c1-8-9-10-11-15-23(6,7)28-21(25)16-29(26,27)24-22-19(17(2)3)13-12-14-20(22)18(4)5/h12-14,17-18,24H,8-11,15-16H2,1-7H3. The number of carbonyl (C=O) groups is 1. The second kappa shape index (κ2) is 11.4. The normalized spacial score (nSPS) is 12.6. The maximum absolute atomic E-state index is 12.8. The molecule has 6 heteroatoms. The van der Waals surface area contributed by atoms with Gasteiger partial charge in [-0.05, 0) is 29.4 Å². The molecule has 0 radical (unpaired) electrons. The van der Waals surface area contributed by atoms with Gasteiger partial charge in [0.25, 0.3) is 0 Å². The minimum atomic E-state index is -3.77. The molecular weight excluding hydrogens is 402 g/mol. The number of hydrogen-bond donors (Lipinski definition) is 1. The molecule has 29 heavy (non-hydrogen) atoms. The first-order valence-electron chi connectivity index (χ1n) is 10.7. The average Bonchev–Trinajstić information content (AvgIpc) is 2.56. The van der Waals surface area contributed by atoms with Gasteiger partial charge in [0.15, 0.2) is 0 Å². The number of nitrogens with one attached hydrogen (secondary N) is 1. The number of carbonyl (C=O) groups excluding carboxylic acids is 1. The summed E-state index contributed by atoms with van der Waals surface area (Å²) in [6.07, 6.45) is 5.49. The van der Waals surface area contributed by atoms with E-state index in [1.165, 1.54) is 12.8 Å². The Bertz CT molecular complexity index is 742. The Morgan fingerprint density at radius 2 is 1.59 bits per heavy atom. The first-order chi connectivity index (χ1) is 13.4. The lowest BCUT2D eigenvalue weighted by atomic mass is 9.93. The van der Waals surface area contributed by atoms with E-state index in [1.807, 2.05) is 59.7 Å². The van der Waals surface area contributed by atoms with Crippen molar-refractivity contribution in [1.29, 1.82) is 0 Å². The van der Waals surface area contributed by atoms with E-state index in [0.29, 0.717) is 5.69 Å². The number of unbranched alkanes of at least 4 members (excludes halogenated alkanes) is 3. The summed E-state index contributed by atoms with van der Waals surface area (Å²) < 4.78 is 28.1. The molecule has 0 aliphatic heterocycles. The zero-order valence-electron chi connectivity index (χ0n) is 19.2. The summed E-state index contributed by atoms with van der Waals surface area (Å²) in [5.74, 6) is -0.142. The Labute approximate surface area is 182 Å². The van der Waals surface area contributed by atoms with Crippen LogP contribution in [0.5, 0.6) is 0 Å². The van der Waals surface area contributed by atoms with Crippen LogP contribution < -0.4 is 4.72 Å². The highest BCUT2D eigenvalue weighted by Gasteiger charge is 2.27. The summed E-state index contributed by atoms with van der Waals surface area (Å²) in [5.41, 5.74) is 2.54. The molecule has 1 aromatic carbocycles. The molecule has 4 nitrogen and oxygen atoms in total. The van der Waals surface area contributed by atoms with Crippen LogP contribution in [0.3, 0.4) is 0 Å². The van der Waals surface area contributed by atoms with Crippen LogP contribution in [-0.2, 0) is 14.8 Å². The van der Waals surface area contributed by atoms with E-state index in [-0.39, 0.29) is 21.7 Å². The number of anilines is 1. The monoisotopic (exact) mass is 441 g/mol. The van der Waals surface area contributed by atoms with E-state index in [2.05, 4.69) is 11.6 Å². The minimum Gasteiger partial charge on any atom is -0.286 e. The van der Waals surface area contributed by atoms with E-state index in [4.69, 9.17) is 0 Å². The van der Waals surface area contributed by atoms with Crippen LogP contribution in [0.2, 0.25) is 0 Å². The molecular formula is C23H39NO3S2. The fraction of sp³-hybridized carbons (Fsp3) is 0.696. The molecule has 0 saturated carbocycles. The second-order valence-corrected chi connectivity index (χ2v) is 12.5. The number of para-hydroxylation sites is 1. The van der Waals surface area contributed by atoms with Crippen molar-refractivity contribution in [3.63, 3.8) is 0 Å². The molecule has 0 aromatic heterocycles. The van der Waals surface area contributed by atoms with Crippen molar-refractivity contribution in [3.8, 4) is 0 Å². The highest BCUT2D eigenvalue weighted by molar-refractivity contribution is 8.16. The van der Waals surface area contributed by atoms with Gasteiger partial charge >= 0.3 is 0 Å². The zero-order chi connectivity index (χ0) is 22.2. The summed E-state index contributed by atoms with van der Waals surface area (Å²) >= 11 is 1.16. The van der Waals surface area contributed by atoms with Crippen molar-refractivity contribution < 1.29 is 13.2 Å². The van der Waals surface area contributed by atoms with Gasteiger partial charge in [-0.15, -0.1) is 0 Å². The van der Waals surface area contributed by atoms with E-state index < -0.39 is 15.8 Å². The Hall–Kier alpha value is -1.01. The van der Waals surface area contributed by atoms with Crippen LogP contribution in [0.1, 0.15) is 104 Å². The molecule has 0 amide bonds. The smallest absolute Gasteiger partial charge is 0.240 e. The van der Waals surface area contributed by atoms with Gasteiger partial charge in [0.1, 0.15) is 5.75 Å². The van der Waals surface area contributed by atoms with Gasteiger partial charge < -0.3 is 0 Å². The van der Waals surface area contributed by atoms with E-state index in [0.717, 1.165) is 42.2 Å². The SMILES string of the molecule is CCCCCCC(C)(C)SC(=O)CS(=O)(=O)Nc1c(C(C)C)cccc1C(C)C. The van der Waals surface area contributed by atoms with Crippen molar-refractivity contribution >= 4 is 32.6 Å². The number of sulfonamides is 1. The van der Waals surface area contributed by atoms with Crippen LogP contribution in [0, 0.1) is 0 Å². The predicted octanol–water partition coefficient (Wildman–Crippen LogP) is 6.68. The molecule has 0 aliphatic carbocycles. The fourth-order valence-electron chi connectivity index (χ4n) is 3.38. The van der Waals surface area contributed by atoms with Gasteiger partial charge in [-0.1, -0.05) is 104 Å². The van der Waals surface area contributed by atoms with Gasteiger partial charge in [-0.25, -0.2) is 8.42 Å². The summed E-state index contributed by atoms with van der Waals surface area (Å²) in [6.45, 7) is 14.4. The molecule has 0 spiro atoms. The number of benzene rings is 1.